The van der Waals surface area contributed by atoms with E-state index in [4.69, 9.17) is 29.5 Å². The van der Waals surface area contributed by atoms with Crippen molar-refractivity contribution in [2.75, 3.05) is 17.3 Å². The Hall–Kier alpha value is -4.67. The van der Waals surface area contributed by atoms with Gasteiger partial charge in [0.05, 0.1) is 24.2 Å². The quantitative estimate of drug-likeness (QED) is 0.129. The Morgan fingerprint density at radius 1 is 0.929 bits per heavy atom. The fraction of sp³-hybridized carbons (Fsp3) is 0.160. The van der Waals surface area contributed by atoms with Gasteiger partial charge in [-0.15, -0.1) is 0 Å². The van der Waals surface area contributed by atoms with Crippen LogP contribution in [0.25, 0.3) is 33.9 Å². The second-order valence-corrected chi connectivity index (χ2v) is 8.72. The van der Waals surface area contributed by atoms with E-state index in [1.165, 1.54) is 0 Å². The van der Waals surface area contributed by atoms with Crippen molar-refractivity contribution in [3.05, 3.63) is 61.1 Å². The highest BCUT2D eigenvalue weighted by Gasteiger charge is 2.38. The summed E-state index contributed by atoms with van der Waals surface area (Å²) in [6, 6.07) is 13.9. The molecule has 0 saturated carbocycles. The number of H-pyrrole nitrogens is 1. The van der Waals surface area contributed by atoms with Crippen LogP contribution in [0.1, 0.15) is 0 Å². The number of aromatic amines is 1. The Morgan fingerprint density at radius 3 is 2.21 bits per heavy atom. The number of nitrogens with one attached hydrogen (secondary N) is 2. The fourth-order valence-electron chi connectivity index (χ4n) is 3.33. The summed E-state index contributed by atoms with van der Waals surface area (Å²) >= 11 is 3.39. The molecule has 4 heterocycles. The lowest BCUT2D eigenvalue weighted by Crippen LogP contribution is -2.21. The molecular weight excluding hydrogens is 644 g/mol. The first-order valence-electron chi connectivity index (χ1n) is 11.4. The number of hydrogen-bond acceptors (Lipinski definition) is 7. The second kappa shape index (κ2) is 13.3. The minimum absolute atomic E-state index is 0.614. The van der Waals surface area contributed by atoms with Crippen molar-refractivity contribution < 1.29 is 50.9 Å². The zero-order chi connectivity index (χ0) is 31.1. The average Bonchev–Trinajstić information content (AvgIpc) is 3.32. The van der Waals surface area contributed by atoms with Crippen molar-refractivity contribution in [3.8, 4) is 39.7 Å². The summed E-state index contributed by atoms with van der Waals surface area (Å²) in [6.45, 7) is 0.614. The number of hydrogen-bond donors (Lipinski definition) is 4. The summed E-state index contributed by atoms with van der Waals surface area (Å²) < 4.78 is 69.2. The number of aliphatic carboxylic acids is 2. The predicted octanol–water partition coefficient (Wildman–Crippen LogP) is 6.30. The third-order valence-corrected chi connectivity index (χ3v) is 5.37. The van der Waals surface area contributed by atoms with Gasteiger partial charge in [-0.3, -0.25) is 4.98 Å². The number of carboxylic acids is 2. The largest absolute Gasteiger partial charge is 0.493 e. The molecule has 222 valence electrons. The molecule has 42 heavy (non-hydrogen) atoms. The molecular formula is C25H18BrF6N5O5. The van der Waals surface area contributed by atoms with Gasteiger partial charge in [0.25, 0.3) is 0 Å². The van der Waals surface area contributed by atoms with Crippen molar-refractivity contribution in [3.63, 3.8) is 0 Å². The van der Waals surface area contributed by atoms with Crippen molar-refractivity contribution in [2.24, 2.45) is 0 Å². The van der Waals surface area contributed by atoms with E-state index in [2.05, 4.69) is 36.2 Å². The van der Waals surface area contributed by atoms with Crippen molar-refractivity contribution in [1.29, 1.82) is 0 Å². The molecule has 3 aromatic heterocycles. The maximum atomic E-state index is 10.6. The highest BCUT2D eigenvalue weighted by Crippen LogP contribution is 2.42. The van der Waals surface area contributed by atoms with E-state index in [1.807, 2.05) is 42.5 Å². The van der Waals surface area contributed by atoms with Crippen LogP contribution in [0.4, 0.5) is 37.8 Å². The molecule has 0 spiro atoms. The number of benzene rings is 1. The topological polar surface area (TPSA) is 150 Å². The number of halogens is 7. The van der Waals surface area contributed by atoms with E-state index >= 15 is 0 Å². The molecule has 10 nitrogen and oxygen atoms in total. The van der Waals surface area contributed by atoms with Gasteiger partial charge >= 0.3 is 24.3 Å². The van der Waals surface area contributed by atoms with Crippen LogP contribution in [-0.2, 0) is 9.59 Å². The number of nitrogens with zero attached hydrogens (tertiary/aromatic N) is 3. The van der Waals surface area contributed by atoms with E-state index in [1.54, 1.807) is 18.6 Å². The van der Waals surface area contributed by atoms with Gasteiger partial charge in [0.15, 0.2) is 0 Å². The number of pyridine rings is 2. The van der Waals surface area contributed by atoms with E-state index in [-0.39, 0.29) is 0 Å². The Balaban J connectivity index is 0.000000289. The molecule has 0 fully saturated rings. The highest BCUT2D eigenvalue weighted by molar-refractivity contribution is 9.09. The molecule has 0 atom stereocenters. The lowest BCUT2D eigenvalue weighted by molar-refractivity contribution is -0.193. The molecule has 0 bridgehead atoms. The van der Waals surface area contributed by atoms with E-state index in [9.17, 15) is 26.3 Å². The third-order valence-electron chi connectivity index (χ3n) is 5.05. The Bertz CT molecular complexity index is 1470. The zero-order valence-electron chi connectivity index (χ0n) is 20.8. The van der Waals surface area contributed by atoms with Gasteiger partial charge in [0.2, 0.25) is 0 Å². The van der Waals surface area contributed by atoms with Gasteiger partial charge in [0, 0.05) is 34.4 Å². The first-order chi connectivity index (χ1) is 19.7. The summed E-state index contributed by atoms with van der Waals surface area (Å²) in [5.74, 6) is -3.14. The van der Waals surface area contributed by atoms with Crippen LogP contribution in [0.2, 0.25) is 0 Å². The lowest BCUT2D eigenvalue weighted by Gasteiger charge is -2.08. The molecule has 1 aromatic carbocycles. The molecule has 1 aliphatic heterocycles. The number of ether oxygens (including phenoxy) is 1. The molecule has 0 saturated heterocycles. The smallest absolute Gasteiger partial charge is 0.490 e. The minimum Gasteiger partial charge on any atom is -0.493 e. The van der Waals surface area contributed by atoms with Gasteiger partial charge in [-0.25, -0.2) is 19.6 Å². The standard InChI is InChI=1S/C21H16BrN5O.2C2HF3O2/c22-7-10-28-14-4-1-3-13(11-14)20-26-18-15-6-9-23-12-17(15)25-21-16(19(18)27-20)5-2-8-24-21;2*3-2(4,5)1(6)7/h1-6,8-9,11-12H,7,10H2,(H,24,25)(H,26,27);2*(H,6,7). The van der Waals surface area contributed by atoms with Gasteiger partial charge < -0.3 is 25.3 Å². The summed E-state index contributed by atoms with van der Waals surface area (Å²) in [5.41, 5.74) is 5.62. The molecule has 0 unspecified atom stereocenters. The van der Waals surface area contributed by atoms with Crippen molar-refractivity contribution in [1.82, 2.24) is 19.9 Å². The SMILES string of the molecule is BrCCOc1cccc(-c2nc3c([nH]2)-c2ccncc2Nc2ncccc2-3)c1.O=C(O)C(F)(F)F.O=C(O)C(F)(F)F. The number of anilines is 2. The molecule has 5 rings (SSSR count). The zero-order valence-corrected chi connectivity index (χ0v) is 22.4. The van der Waals surface area contributed by atoms with Gasteiger partial charge in [0.1, 0.15) is 23.1 Å². The maximum Gasteiger partial charge on any atom is 0.490 e. The number of carbonyl (C=O) groups is 2. The first kappa shape index (κ1) is 31.9. The Labute approximate surface area is 240 Å². The number of fused-ring (bicyclic) bond motifs is 5. The number of alkyl halides is 7. The second-order valence-electron chi connectivity index (χ2n) is 7.93. The van der Waals surface area contributed by atoms with Crippen LogP contribution < -0.4 is 10.1 Å². The van der Waals surface area contributed by atoms with Crippen LogP contribution in [0.5, 0.6) is 5.75 Å². The molecule has 4 N–H and O–H groups in total. The van der Waals surface area contributed by atoms with E-state index in [0.717, 1.165) is 56.5 Å². The van der Waals surface area contributed by atoms with Gasteiger partial charge in [-0.05, 0) is 30.3 Å². The highest BCUT2D eigenvalue weighted by atomic mass is 79.9. The van der Waals surface area contributed by atoms with Gasteiger partial charge in [-0.1, -0.05) is 28.1 Å². The molecule has 0 aliphatic carbocycles. The van der Waals surface area contributed by atoms with Crippen LogP contribution in [-0.4, -0.2) is 66.4 Å². The lowest BCUT2D eigenvalue weighted by atomic mass is 10.1. The minimum atomic E-state index is -5.08. The van der Waals surface area contributed by atoms with Gasteiger partial charge in [-0.2, -0.15) is 26.3 Å². The molecule has 1 aliphatic rings. The van der Waals surface area contributed by atoms with E-state index in [0.29, 0.717) is 6.61 Å². The monoisotopic (exact) mass is 661 g/mol. The Kier molecular flexibility index (Phi) is 10.1. The maximum absolute atomic E-state index is 10.6. The van der Waals surface area contributed by atoms with Crippen molar-refractivity contribution >= 4 is 39.4 Å². The average molecular weight is 662 g/mol. The van der Waals surface area contributed by atoms with Crippen LogP contribution in [0.15, 0.2) is 61.1 Å². The summed E-state index contributed by atoms with van der Waals surface area (Å²) in [7, 11) is 0. The molecule has 4 aromatic rings. The van der Waals surface area contributed by atoms with Crippen molar-refractivity contribution in [2.45, 2.75) is 12.4 Å². The number of carboxylic acid groups (broad SMARTS) is 2. The summed E-state index contributed by atoms with van der Waals surface area (Å²) in [5, 5.41) is 18.4. The molecule has 17 heteroatoms. The number of aromatic nitrogens is 4. The van der Waals surface area contributed by atoms with E-state index < -0.39 is 24.3 Å². The third kappa shape index (κ3) is 8.18. The summed E-state index contributed by atoms with van der Waals surface area (Å²) in [6.07, 6.45) is -4.81. The molecule has 0 radical (unpaired) electrons. The Morgan fingerprint density at radius 2 is 1.60 bits per heavy atom. The fourth-order valence-corrected chi connectivity index (χ4v) is 3.49. The number of imidazole rings is 1. The molecule has 0 amide bonds. The number of rotatable bonds is 4. The predicted molar refractivity (Wildman–Crippen MR) is 140 cm³/mol. The normalized spacial score (nSPS) is 11.5. The summed E-state index contributed by atoms with van der Waals surface area (Å²) in [4.78, 5) is 34.9. The van der Waals surface area contributed by atoms with Crippen LogP contribution in [0.3, 0.4) is 0 Å². The first-order valence-corrected chi connectivity index (χ1v) is 12.5. The van der Waals surface area contributed by atoms with Crippen LogP contribution in [0, 0.1) is 0 Å². The van der Waals surface area contributed by atoms with Crippen LogP contribution >= 0.6 is 15.9 Å².